The Kier molecular flexibility index (Phi) is 7.30. The molecule has 0 heterocycles. The van der Waals surface area contributed by atoms with Crippen LogP contribution in [-0.4, -0.2) is 39.8 Å². The maximum atomic E-state index is 11.4. The highest BCUT2D eigenvalue weighted by Crippen LogP contribution is 2.10. The van der Waals surface area contributed by atoms with Gasteiger partial charge in [-0.3, -0.25) is 4.79 Å². The van der Waals surface area contributed by atoms with E-state index in [1.807, 2.05) is 24.3 Å². The third-order valence-corrected chi connectivity index (χ3v) is 4.36. The summed E-state index contributed by atoms with van der Waals surface area (Å²) in [6.07, 6.45) is 0.441. The van der Waals surface area contributed by atoms with Gasteiger partial charge in [-0.25, -0.2) is 18.6 Å². The third kappa shape index (κ3) is 6.42. The normalized spacial score (nSPS) is 12.7. The Morgan fingerprint density at radius 1 is 1.27 bits per heavy atom. The lowest BCUT2D eigenvalue weighted by Crippen LogP contribution is -2.39. The second-order valence-corrected chi connectivity index (χ2v) is 6.76. The summed E-state index contributed by atoms with van der Waals surface area (Å²) in [4.78, 5) is 11.4. The Morgan fingerprint density at radius 3 is 2.45 bits per heavy atom. The molecule has 0 spiro atoms. The summed E-state index contributed by atoms with van der Waals surface area (Å²) in [5, 5.41) is 0. The van der Waals surface area contributed by atoms with Crippen molar-refractivity contribution in [3.8, 4) is 0 Å². The van der Waals surface area contributed by atoms with Crippen molar-refractivity contribution in [3.63, 3.8) is 0 Å². The van der Waals surface area contributed by atoms with Crippen LogP contribution in [0.1, 0.15) is 19.4 Å². The smallest absolute Gasteiger partial charge is 0.324 e. The minimum absolute atomic E-state index is 0.0500. The Morgan fingerprint density at radius 2 is 1.91 bits per heavy atom. The molecule has 8 heteroatoms. The summed E-state index contributed by atoms with van der Waals surface area (Å²) < 4.78 is 29.9. The van der Waals surface area contributed by atoms with E-state index in [0.29, 0.717) is 13.0 Å². The second-order valence-electron chi connectivity index (χ2n) is 4.71. The highest BCUT2D eigenvalue weighted by atomic mass is 32.2. The van der Waals surface area contributed by atoms with E-state index in [1.165, 1.54) is 7.05 Å². The van der Waals surface area contributed by atoms with Crippen molar-refractivity contribution in [3.05, 3.63) is 29.8 Å². The van der Waals surface area contributed by atoms with Gasteiger partial charge in [-0.15, -0.1) is 0 Å². The number of sulfonamides is 1. The van der Waals surface area contributed by atoms with Gasteiger partial charge in [0, 0.05) is 5.69 Å². The van der Waals surface area contributed by atoms with E-state index in [-0.39, 0.29) is 11.7 Å². The molecular weight excluding hydrogens is 306 g/mol. The number of carbonyl (C=O) groups excluding carboxylic acids is 1. The second kappa shape index (κ2) is 8.72. The summed E-state index contributed by atoms with van der Waals surface area (Å²) >= 11 is 0. The van der Waals surface area contributed by atoms with Crippen LogP contribution in [0.2, 0.25) is 0 Å². The van der Waals surface area contributed by atoms with Crippen molar-refractivity contribution in [2.45, 2.75) is 26.3 Å². The average molecular weight is 329 g/mol. The number of carbonyl (C=O) groups is 1. The van der Waals surface area contributed by atoms with Crippen LogP contribution in [0.25, 0.3) is 0 Å². The first-order valence-corrected chi connectivity index (χ1v) is 8.71. The van der Waals surface area contributed by atoms with Crippen LogP contribution in [0, 0.1) is 0 Å². The van der Waals surface area contributed by atoms with Crippen molar-refractivity contribution in [1.29, 1.82) is 0 Å². The molecule has 1 aromatic carbocycles. The van der Waals surface area contributed by atoms with E-state index in [2.05, 4.69) is 15.6 Å². The SMILES string of the molecule is CCOC(=O)C(C)NNc1ccc(CCS(=O)(=O)NC)cc1. The molecule has 1 rings (SSSR count). The van der Waals surface area contributed by atoms with Crippen LogP contribution < -0.4 is 15.6 Å². The van der Waals surface area contributed by atoms with Crippen molar-refractivity contribution < 1.29 is 17.9 Å². The quantitative estimate of drug-likeness (QED) is 0.455. The van der Waals surface area contributed by atoms with Crippen LogP contribution in [0.4, 0.5) is 5.69 Å². The van der Waals surface area contributed by atoms with Crippen LogP contribution in [0.3, 0.4) is 0 Å². The summed E-state index contributed by atoms with van der Waals surface area (Å²) in [6, 6.07) is 6.83. The maximum absolute atomic E-state index is 11.4. The summed E-state index contributed by atoms with van der Waals surface area (Å²) in [7, 11) is -1.79. The lowest BCUT2D eigenvalue weighted by molar-refractivity contribution is -0.145. The van der Waals surface area contributed by atoms with E-state index < -0.39 is 16.1 Å². The van der Waals surface area contributed by atoms with Crippen LogP contribution in [0.15, 0.2) is 24.3 Å². The first kappa shape index (κ1) is 18.4. The summed E-state index contributed by atoms with van der Waals surface area (Å²) in [6.45, 7) is 3.79. The molecule has 0 saturated heterocycles. The number of anilines is 1. The van der Waals surface area contributed by atoms with Crippen molar-refractivity contribution >= 4 is 21.7 Å². The molecule has 0 aliphatic heterocycles. The van der Waals surface area contributed by atoms with Gasteiger partial charge in [0.1, 0.15) is 6.04 Å². The molecule has 0 bridgehead atoms. The predicted molar refractivity (Wildman–Crippen MR) is 85.8 cm³/mol. The van der Waals surface area contributed by atoms with Crippen molar-refractivity contribution in [2.24, 2.45) is 0 Å². The topological polar surface area (TPSA) is 96.5 Å². The fourth-order valence-corrected chi connectivity index (χ4v) is 2.34. The molecule has 0 radical (unpaired) electrons. The van der Waals surface area contributed by atoms with Crippen LogP contribution >= 0.6 is 0 Å². The van der Waals surface area contributed by atoms with Crippen LogP contribution in [-0.2, 0) is 26.0 Å². The number of esters is 1. The Hall–Kier alpha value is -1.64. The lowest BCUT2D eigenvalue weighted by atomic mass is 10.1. The van der Waals surface area contributed by atoms with Crippen LogP contribution in [0.5, 0.6) is 0 Å². The fraction of sp³-hybridized carbons (Fsp3) is 0.500. The molecule has 0 aromatic heterocycles. The van der Waals surface area contributed by atoms with Crippen molar-refractivity contribution in [1.82, 2.24) is 10.1 Å². The number of rotatable bonds is 9. The molecule has 1 atom stereocenters. The van der Waals surface area contributed by atoms with Gasteiger partial charge < -0.3 is 10.2 Å². The monoisotopic (exact) mass is 329 g/mol. The summed E-state index contributed by atoms with van der Waals surface area (Å²) in [5.41, 5.74) is 7.44. The molecule has 0 fully saturated rings. The van der Waals surface area contributed by atoms with Gasteiger partial charge in [0.25, 0.3) is 0 Å². The average Bonchev–Trinajstić information content (AvgIpc) is 2.52. The van der Waals surface area contributed by atoms with Gasteiger partial charge >= 0.3 is 5.97 Å². The van der Waals surface area contributed by atoms with E-state index >= 15 is 0 Å². The molecule has 7 nitrogen and oxygen atoms in total. The minimum atomic E-state index is -3.19. The van der Waals surface area contributed by atoms with Gasteiger partial charge in [-0.2, -0.15) is 0 Å². The molecule has 1 aromatic rings. The molecule has 3 N–H and O–H groups in total. The van der Waals surface area contributed by atoms with E-state index in [4.69, 9.17) is 4.74 Å². The number of benzene rings is 1. The number of hydrazine groups is 1. The minimum Gasteiger partial charge on any atom is -0.465 e. The molecule has 22 heavy (non-hydrogen) atoms. The molecule has 0 saturated carbocycles. The summed E-state index contributed by atoms with van der Waals surface area (Å²) in [5.74, 6) is -0.280. The Bertz CT molecular complexity index is 572. The number of hydrogen-bond donors (Lipinski definition) is 3. The molecular formula is C14H23N3O4S. The molecule has 0 aliphatic carbocycles. The highest BCUT2D eigenvalue weighted by molar-refractivity contribution is 7.89. The van der Waals surface area contributed by atoms with Gasteiger partial charge in [-0.05, 0) is 45.0 Å². The molecule has 0 amide bonds. The predicted octanol–water partition coefficient (Wildman–Crippen LogP) is 0.646. The maximum Gasteiger partial charge on any atom is 0.324 e. The number of ether oxygens (including phenoxy) is 1. The lowest BCUT2D eigenvalue weighted by Gasteiger charge is -2.14. The van der Waals surface area contributed by atoms with E-state index in [1.54, 1.807) is 13.8 Å². The standard InChI is InChI=1S/C14H23N3O4S/c1-4-21-14(18)11(2)16-17-13-7-5-12(6-8-13)9-10-22(19,20)15-3/h5-8,11,15-17H,4,9-10H2,1-3H3. The first-order chi connectivity index (χ1) is 10.4. The largest absolute Gasteiger partial charge is 0.465 e. The zero-order valence-corrected chi connectivity index (χ0v) is 13.9. The first-order valence-electron chi connectivity index (χ1n) is 7.06. The van der Waals surface area contributed by atoms with Gasteiger partial charge in [0.05, 0.1) is 12.4 Å². The number of hydrogen-bond acceptors (Lipinski definition) is 6. The zero-order chi connectivity index (χ0) is 16.6. The number of nitrogens with one attached hydrogen (secondary N) is 3. The molecule has 124 valence electrons. The molecule has 0 aliphatic rings. The van der Waals surface area contributed by atoms with Gasteiger partial charge in [0.2, 0.25) is 10.0 Å². The highest BCUT2D eigenvalue weighted by Gasteiger charge is 2.12. The van der Waals surface area contributed by atoms with Gasteiger partial charge in [-0.1, -0.05) is 12.1 Å². The van der Waals surface area contributed by atoms with Crippen molar-refractivity contribution in [2.75, 3.05) is 24.8 Å². The Balaban J connectivity index is 2.47. The number of aryl methyl sites for hydroxylation is 1. The molecule has 1 unspecified atom stereocenters. The third-order valence-electron chi connectivity index (χ3n) is 3.00. The van der Waals surface area contributed by atoms with E-state index in [9.17, 15) is 13.2 Å². The Labute approximate surface area is 131 Å². The fourth-order valence-electron chi connectivity index (χ4n) is 1.63. The zero-order valence-electron chi connectivity index (χ0n) is 13.0. The van der Waals surface area contributed by atoms with E-state index in [0.717, 1.165) is 11.3 Å². The van der Waals surface area contributed by atoms with Gasteiger partial charge in [0.15, 0.2) is 0 Å².